The molecule has 1 heterocycles. The maximum absolute atomic E-state index is 12.7. The predicted molar refractivity (Wildman–Crippen MR) is 110 cm³/mol. The Labute approximate surface area is 182 Å². The van der Waals surface area contributed by atoms with E-state index in [1.165, 1.54) is 13.8 Å². The number of hydrogen-bond acceptors (Lipinski definition) is 8. The number of ether oxygens (including phenoxy) is 3. The minimum absolute atomic E-state index is 0.0806. The van der Waals surface area contributed by atoms with E-state index in [-0.39, 0.29) is 18.3 Å². The summed E-state index contributed by atoms with van der Waals surface area (Å²) in [6, 6.07) is 0. The lowest BCUT2D eigenvalue weighted by Crippen LogP contribution is -2.64. The first-order chi connectivity index (χ1) is 14.2. The van der Waals surface area contributed by atoms with Crippen molar-refractivity contribution in [1.82, 2.24) is 0 Å². The summed E-state index contributed by atoms with van der Waals surface area (Å²) < 4.78 is 17.1. The third-order valence-electron chi connectivity index (χ3n) is 7.71. The Balaban J connectivity index is 2.22. The molecule has 1 aliphatic heterocycles. The van der Waals surface area contributed by atoms with Crippen LogP contribution >= 0.6 is 0 Å². The summed E-state index contributed by atoms with van der Waals surface area (Å²) in [6.45, 7) is 11.7. The number of aliphatic hydroxyl groups is 2. The Hall–Kier alpha value is -1.93. The molecule has 2 N–H and O–H groups in total. The third kappa shape index (κ3) is 3.39. The highest BCUT2D eigenvalue weighted by Gasteiger charge is 2.74. The van der Waals surface area contributed by atoms with E-state index in [1.807, 2.05) is 20.8 Å². The second kappa shape index (κ2) is 7.59. The van der Waals surface area contributed by atoms with Crippen LogP contribution < -0.4 is 0 Å². The van der Waals surface area contributed by atoms with E-state index in [2.05, 4.69) is 0 Å². The summed E-state index contributed by atoms with van der Waals surface area (Å²) >= 11 is 0. The summed E-state index contributed by atoms with van der Waals surface area (Å²) in [4.78, 5) is 37.4. The molecule has 1 saturated heterocycles. The second-order valence-electron chi connectivity index (χ2n) is 9.86. The minimum atomic E-state index is -2.32. The highest BCUT2D eigenvalue weighted by molar-refractivity contribution is 5.85. The van der Waals surface area contributed by atoms with Crippen molar-refractivity contribution >= 4 is 17.9 Å². The van der Waals surface area contributed by atoms with Crippen LogP contribution in [0.15, 0.2) is 11.1 Å². The van der Waals surface area contributed by atoms with E-state index in [0.29, 0.717) is 18.4 Å². The Morgan fingerprint density at radius 1 is 1.29 bits per heavy atom. The van der Waals surface area contributed by atoms with Gasteiger partial charge in [0.05, 0.1) is 5.92 Å². The number of allylic oxidation sites excluding steroid dienone is 1. The molecule has 0 aromatic heterocycles. The van der Waals surface area contributed by atoms with Crippen molar-refractivity contribution in [3.8, 4) is 0 Å². The van der Waals surface area contributed by atoms with Crippen LogP contribution in [-0.2, 0) is 28.6 Å². The molecule has 2 fully saturated rings. The van der Waals surface area contributed by atoms with Crippen molar-refractivity contribution in [2.24, 2.45) is 17.8 Å². The Bertz CT molecular complexity index is 829. The minimum Gasteiger partial charge on any atom is -0.459 e. The third-order valence-corrected chi connectivity index (χ3v) is 7.71. The molecule has 3 rings (SSSR count). The average molecular weight is 439 g/mol. The van der Waals surface area contributed by atoms with Crippen LogP contribution in [0.2, 0.25) is 0 Å². The number of carbonyl (C=O) groups is 3. The van der Waals surface area contributed by atoms with E-state index in [1.54, 1.807) is 13.8 Å². The number of hydrogen-bond donors (Lipinski definition) is 2. The normalized spacial score (nSPS) is 42.9. The van der Waals surface area contributed by atoms with Gasteiger partial charge in [-0.2, -0.15) is 0 Å². The molecule has 0 aromatic carbocycles. The van der Waals surface area contributed by atoms with Gasteiger partial charge in [0.1, 0.15) is 11.7 Å². The molecular weight excluding hydrogens is 404 g/mol. The molecule has 0 unspecified atom stereocenters. The molecule has 174 valence electrons. The van der Waals surface area contributed by atoms with Crippen molar-refractivity contribution in [3.63, 3.8) is 0 Å². The molecule has 8 nitrogen and oxygen atoms in total. The van der Waals surface area contributed by atoms with Gasteiger partial charge in [0.15, 0.2) is 17.3 Å². The molecule has 0 bridgehead atoms. The molecular formula is C23H34O8. The standard InChI is InChI=1S/C23H34O8/c1-8-11(2)19(25)29-16-10-21(6,31-14(5)24)15-9-12(3)13(4)17(15)18-23(16,28)22(7,27)20(26)30-18/h11-12,15-16,18,27-28H,8-10H2,1-7H3/t11-,12+,15-,16-,18-,21-,22+,23+/m0/s1. The van der Waals surface area contributed by atoms with Gasteiger partial charge in [0.25, 0.3) is 0 Å². The van der Waals surface area contributed by atoms with Crippen LogP contribution in [0.3, 0.4) is 0 Å². The van der Waals surface area contributed by atoms with Crippen LogP contribution in [0.4, 0.5) is 0 Å². The SMILES string of the molecule is CC[C@H](C)C(=O)O[C@H]1C[C@](C)(OC(C)=O)[C@H]2C[C@@H](C)C(C)=C2[C@@H]2OC(=O)[C@@](C)(O)[C@@]12O. The summed E-state index contributed by atoms with van der Waals surface area (Å²) in [6.07, 6.45) is -1.49. The van der Waals surface area contributed by atoms with E-state index in [4.69, 9.17) is 14.2 Å². The highest BCUT2D eigenvalue weighted by Crippen LogP contribution is 2.57. The van der Waals surface area contributed by atoms with Gasteiger partial charge < -0.3 is 24.4 Å². The first kappa shape index (κ1) is 23.7. The zero-order valence-electron chi connectivity index (χ0n) is 19.4. The smallest absolute Gasteiger partial charge is 0.341 e. The van der Waals surface area contributed by atoms with Gasteiger partial charge in [0, 0.05) is 19.3 Å². The van der Waals surface area contributed by atoms with Crippen molar-refractivity contribution in [1.29, 1.82) is 0 Å². The monoisotopic (exact) mass is 438 g/mol. The first-order valence-electron chi connectivity index (χ1n) is 11.0. The summed E-state index contributed by atoms with van der Waals surface area (Å²) in [5.41, 5.74) is -4.14. The van der Waals surface area contributed by atoms with Gasteiger partial charge in [-0.15, -0.1) is 0 Å². The maximum Gasteiger partial charge on any atom is 0.341 e. The van der Waals surface area contributed by atoms with Crippen LogP contribution in [0, 0.1) is 17.8 Å². The van der Waals surface area contributed by atoms with Gasteiger partial charge in [-0.25, -0.2) is 4.79 Å². The predicted octanol–water partition coefficient (Wildman–Crippen LogP) is 2.05. The van der Waals surface area contributed by atoms with Crippen molar-refractivity contribution in [3.05, 3.63) is 11.1 Å². The van der Waals surface area contributed by atoms with Gasteiger partial charge in [0.2, 0.25) is 0 Å². The van der Waals surface area contributed by atoms with E-state index >= 15 is 0 Å². The molecule has 8 atom stereocenters. The molecule has 0 amide bonds. The second-order valence-corrected chi connectivity index (χ2v) is 9.86. The lowest BCUT2D eigenvalue weighted by molar-refractivity contribution is -0.212. The summed E-state index contributed by atoms with van der Waals surface area (Å²) in [7, 11) is 0. The molecule has 8 heteroatoms. The van der Waals surface area contributed by atoms with Gasteiger partial charge in [-0.05, 0) is 45.1 Å². The molecule has 3 aliphatic rings. The fourth-order valence-corrected chi connectivity index (χ4v) is 5.36. The maximum atomic E-state index is 12.7. The Kier molecular flexibility index (Phi) is 5.81. The summed E-state index contributed by atoms with van der Waals surface area (Å²) in [5, 5.41) is 23.0. The van der Waals surface area contributed by atoms with Crippen LogP contribution in [0.1, 0.15) is 67.7 Å². The molecule has 0 radical (unpaired) electrons. The number of esters is 3. The lowest BCUT2D eigenvalue weighted by Gasteiger charge is -2.41. The van der Waals surface area contributed by atoms with E-state index in [0.717, 1.165) is 5.57 Å². The van der Waals surface area contributed by atoms with E-state index < -0.39 is 52.8 Å². The summed E-state index contributed by atoms with van der Waals surface area (Å²) in [5.74, 6) is -2.76. The van der Waals surface area contributed by atoms with Gasteiger partial charge >= 0.3 is 17.9 Å². The topological polar surface area (TPSA) is 119 Å². The van der Waals surface area contributed by atoms with Crippen LogP contribution in [-0.4, -0.2) is 57.1 Å². The van der Waals surface area contributed by atoms with E-state index in [9.17, 15) is 24.6 Å². The van der Waals surface area contributed by atoms with Crippen LogP contribution in [0.5, 0.6) is 0 Å². The molecule has 31 heavy (non-hydrogen) atoms. The van der Waals surface area contributed by atoms with Crippen molar-refractivity contribution < 1.29 is 38.8 Å². The number of rotatable bonds is 4. The fourth-order valence-electron chi connectivity index (χ4n) is 5.36. The lowest BCUT2D eigenvalue weighted by atomic mass is 9.75. The first-order valence-corrected chi connectivity index (χ1v) is 11.0. The quantitative estimate of drug-likeness (QED) is 0.389. The molecule has 0 spiro atoms. The zero-order valence-corrected chi connectivity index (χ0v) is 19.4. The van der Waals surface area contributed by atoms with Crippen LogP contribution in [0.25, 0.3) is 0 Å². The van der Waals surface area contributed by atoms with Crippen molar-refractivity contribution in [2.75, 3.05) is 0 Å². The Morgan fingerprint density at radius 3 is 2.45 bits per heavy atom. The largest absolute Gasteiger partial charge is 0.459 e. The van der Waals surface area contributed by atoms with Gasteiger partial charge in [-0.3, -0.25) is 9.59 Å². The average Bonchev–Trinajstić information content (AvgIpc) is 3.03. The highest BCUT2D eigenvalue weighted by atomic mass is 16.6. The Morgan fingerprint density at radius 2 is 1.90 bits per heavy atom. The number of carbonyl (C=O) groups excluding carboxylic acids is 3. The fraction of sp³-hybridized carbons (Fsp3) is 0.783. The molecule has 0 aromatic rings. The zero-order chi connectivity index (χ0) is 23.5. The molecule has 1 saturated carbocycles. The van der Waals surface area contributed by atoms with Crippen molar-refractivity contribution in [2.45, 2.75) is 96.7 Å². The van der Waals surface area contributed by atoms with Gasteiger partial charge in [-0.1, -0.05) is 26.3 Å². The molecule has 2 aliphatic carbocycles. The number of fused-ring (bicyclic) bond motifs is 3.